The molecule has 0 aliphatic rings. The number of hydrogen-bond donors (Lipinski definition) is 0. The fourth-order valence-electron chi connectivity index (χ4n) is 3.74. The van der Waals surface area contributed by atoms with Gasteiger partial charge in [0.05, 0.1) is 37.2 Å². The number of benzene rings is 2. The predicted molar refractivity (Wildman–Crippen MR) is 153 cm³/mol. The molecule has 0 aromatic heterocycles. The van der Waals surface area contributed by atoms with Gasteiger partial charge < -0.3 is 18.9 Å². The minimum atomic E-state index is -0.520. The van der Waals surface area contributed by atoms with Crippen molar-refractivity contribution >= 4 is 23.9 Å². The highest BCUT2D eigenvalue weighted by atomic mass is 16.6. The Balaban J connectivity index is 0.000000400. The minimum absolute atomic E-state index is 0.266. The molecule has 8 heteroatoms. The van der Waals surface area contributed by atoms with Gasteiger partial charge in [-0.1, -0.05) is 38.1 Å². The van der Waals surface area contributed by atoms with Crippen molar-refractivity contribution in [1.29, 1.82) is 0 Å². The Hall–Kier alpha value is -3.68. The van der Waals surface area contributed by atoms with Crippen LogP contribution in [0.3, 0.4) is 0 Å². The maximum Gasteiger partial charge on any atom is 0.338 e. The van der Waals surface area contributed by atoms with Gasteiger partial charge in [0.1, 0.15) is 11.2 Å². The average molecular weight is 557 g/mol. The summed E-state index contributed by atoms with van der Waals surface area (Å²) in [7, 11) is 2.75. The lowest BCUT2D eigenvalue weighted by Crippen LogP contribution is -2.24. The molecular formula is C32H44O8. The van der Waals surface area contributed by atoms with Crippen LogP contribution >= 0.6 is 0 Å². The standard InChI is InChI=1S/2C16H22O4/c2*1-6-13(15(18)19-5)11-7-9-12(10-8-11)14(17)20-16(2,3)4/h2*7-10,13H,6H2,1-5H3. The molecule has 8 nitrogen and oxygen atoms in total. The quantitative estimate of drug-likeness (QED) is 0.264. The van der Waals surface area contributed by atoms with Crippen LogP contribution in [0.25, 0.3) is 0 Å². The third-order valence-corrected chi connectivity index (χ3v) is 5.68. The number of carbonyl (C=O) groups excluding carboxylic acids is 4. The van der Waals surface area contributed by atoms with Crippen LogP contribution in [0.15, 0.2) is 48.5 Å². The predicted octanol–water partition coefficient (Wildman–Crippen LogP) is 6.62. The Morgan fingerprint density at radius 1 is 0.575 bits per heavy atom. The van der Waals surface area contributed by atoms with Crippen LogP contribution in [-0.4, -0.2) is 49.3 Å². The fraction of sp³-hybridized carbons (Fsp3) is 0.500. The molecule has 0 N–H and O–H groups in total. The number of ether oxygens (including phenoxy) is 4. The molecule has 0 fully saturated rings. The third kappa shape index (κ3) is 11.2. The number of hydrogen-bond acceptors (Lipinski definition) is 8. The second kappa shape index (κ2) is 15.2. The van der Waals surface area contributed by atoms with Gasteiger partial charge in [-0.05, 0) is 89.8 Å². The zero-order valence-electron chi connectivity index (χ0n) is 25.5. The number of rotatable bonds is 8. The topological polar surface area (TPSA) is 105 Å². The van der Waals surface area contributed by atoms with E-state index in [1.807, 2.05) is 55.4 Å². The summed E-state index contributed by atoms with van der Waals surface area (Å²) >= 11 is 0. The van der Waals surface area contributed by atoms with E-state index in [0.29, 0.717) is 24.0 Å². The third-order valence-electron chi connectivity index (χ3n) is 5.68. The first-order valence-corrected chi connectivity index (χ1v) is 13.4. The van der Waals surface area contributed by atoms with E-state index in [4.69, 9.17) is 18.9 Å². The van der Waals surface area contributed by atoms with Crippen LogP contribution in [-0.2, 0) is 28.5 Å². The normalized spacial score (nSPS) is 12.7. The highest BCUT2D eigenvalue weighted by Gasteiger charge is 2.23. The van der Waals surface area contributed by atoms with Crippen molar-refractivity contribution in [2.24, 2.45) is 0 Å². The lowest BCUT2D eigenvalue weighted by Gasteiger charge is -2.19. The first-order chi connectivity index (χ1) is 18.6. The minimum Gasteiger partial charge on any atom is -0.469 e. The van der Waals surface area contributed by atoms with Crippen molar-refractivity contribution in [1.82, 2.24) is 0 Å². The Morgan fingerprint density at radius 3 is 1.05 bits per heavy atom. The van der Waals surface area contributed by atoms with E-state index in [-0.39, 0.29) is 35.7 Å². The molecule has 0 saturated heterocycles. The number of carbonyl (C=O) groups is 4. The molecule has 0 heterocycles. The second-order valence-corrected chi connectivity index (χ2v) is 11.2. The molecule has 0 amide bonds. The highest BCUT2D eigenvalue weighted by Crippen LogP contribution is 2.23. The SMILES string of the molecule is CCC(C(=O)OC)c1ccc(C(=O)OC(C)(C)C)cc1.CCC(C(=O)OC)c1ccc(C(=O)OC(C)(C)C)cc1. The Morgan fingerprint density at radius 2 is 0.850 bits per heavy atom. The van der Waals surface area contributed by atoms with Gasteiger partial charge >= 0.3 is 23.9 Å². The smallest absolute Gasteiger partial charge is 0.338 e. The summed E-state index contributed by atoms with van der Waals surface area (Å²) in [5, 5.41) is 0. The van der Waals surface area contributed by atoms with E-state index in [1.54, 1.807) is 48.5 Å². The first-order valence-electron chi connectivity index (χ1n) is 13.4. The molecule has 0 radical (unpaired) electrons. The van der Waals surface area contributed by atoms with Gasteiger partial charge in [-0.3, -0.25) is 9.59 Å². The van der Waals surface area contributed by atoms with E-state index in [1.165, 1.54) is 14.2 Å². The van der Waals surface area contributed by atoms with Crippen molar-refractivity contribution in [2.75, 3.05) is 14.2 Å². The zero-order valence-corrected chi connectivity index (χ0v) is 25.5. The summed E-state index contributed by atoms with van der Waals surface area (Å²) in [6.45, 7) is 14.8. The molecule has 0 aliphatic heterocycles. The molecule has 0 spiro atoms. The Labute approximate surface area is 238 Å². The molecular weight excluding hydrogens is 512 g/mol. The summed E-state index contributed by atoms with van der Waals surface area (Å²) in [6.07, 6.45) is 1.30. The van der Waals surface area contributed by atoms with Gasteiger partial charge in [-0.15, -0.1) is 0 Å². The van der Waals surface area contributed by atoms with Crippen LogP contribution in [0.1, 0.15) is 112 Å². The van der Waals surface area contributed by atoms with Gasteiger partial charge in [0.2, 0.25) is 0 Å². The van der Waals surface area contributed by atoms with Crippen molar-refractivity contribution in [2.45, 2.75) is 91.3 Å². The monoisotopic (exact) mass is 556 g/mol. The summed E-state index contributed by atoms with van der Waals surface area (Å²) < 4.78 is 20.1. The summed E-state index contributed by atoms with van der Waals surface area (Å²) in [6, 6.07) is 13.8. The van der Waals surface area contributed by atoms with Gasteiger partial charge in [-0.2, -0.15) is 0 Å². The summed E-state index contributed by atoms with van der Waals surface area (Å²) in [5.41, 5.74) is 1.59. The Bertz CT molecular complexity index is 1030. The molecule has 2 unspecified atom stereocenters. The summed E-state index contributed by atoms with van der Waals surface area (Å²) in [5.74, 6) is -1.86. The van der Waals surface area contributed by atoms with Gasteiger partial charge in [0, 0.05) is 0 Å². The van der Waals surface area contributed by atoms with Crippen LogP contribution in [0.4, 0.5) is 0 Å². The van der Waals surface area contributed by atoms with Crippen molar-refractivity contribution < 1.29 is 38.1 Å². The van der Waals surface area contributed by atoms with Crippen molar-refractivity contribution in [3.63, 3.8) is 0 Å². The molecule has 0 aliphatic carbocycles. The second-order valence-electron chi connectivity index (χ2n) is 11.2. The van der Waals surface area contributed by atoms with Crippen LogP contribution in [0.5, 0.6) is 0 Å². The Kier molecular flexibility index (Phi) is 13.1. The van der Waals surface area contributed by atoms with Gasteiger partial charge in [0.25, 0.3) is 0 Å². The van der Waals surface area contributed by atoms with E-state index in [9.17, 15) is 19.2 Å². The van der Waals surface area contributed by atoms with E-state index >= 15 is 0 Å². The molecule has 2 aromatic rings. The number of methoxy groups -OCH3 is 2. The molecule has 2 rings (SSSR count). The number of esters is 4. The van der Waals surface area contributed by atoms with Gasteiger partial charge in [0.15, 0.2) is 0 Å². The lowest BCUT2D eigenvalue weighted by molar-refractivity contribution is -0.143. The molecule has 0 saturated carbocycles. The largest absolute Gasteiger partial charge is 0.469 e. The zero-order chi connectivity index (χ0) is 30.7. The van der Waals surface area contributed by atoms with E-state index in [0.717, 1.165) is 11.1 Å². The van der Waals surface area contributed by atoms with E-state index in [2.05, 4.69) is 0 Å². The molecule has 2 aromatic carbocycles. The van der Waals surface area contributed by atoms with Crippen molar-refractivity contribution in [3.05, 3.63) is 70.8 Å². The van der Waals surface area contributed by atoms with E-state index < -0.39 is 11.2 Å². The van der Waals surface area contributed by atoms with Crippen LogP contribution in [0, 0.1) is 0 Å². The molecule has 0 bridgehead atoms. The maximum atomic E-state index is 11.9. The maximum absolute atomic E-state index is 11.9. The summed E-state index contributed by atoms with van der Waals surface area (Å²) in [4.78, 5) is 47.0. The van der Waals surface area contributed by atoms with Crippen LogP contribution in [0.2, 0.25) is 0 Å². The first kappa shape index (κ1) is 34.3. The highest BCUT2D eigenvalue weighted by molar-refractivity contribution is 5.90. The molecule has 220 valence electrons. The molecule has 2 atom stereocenters. The fourth-order valence-corrected chi connectivity index (χ4v) is 3.74. The van der Waals surface area contributed by atoms with Crippen molar-refractivity contribution in [3.8, 4) is 0 Å². The lowest BCUT2D eigenvalue weighted by atomic mass is 9.95. The average Bonchev–Trinajstić information content (AvgIpc) is 2.88. The van der Waals surface area contributed by atoms with Gasteiger partial charge in [-0.25, -0.2) is 9.59 Å². The molecule has 40 heavy (non-hydrogen) atoms. The van der Waals surface area contributed by atoms with Crippen LogP contribution < -0.4 is 0 Å².